The Kier molecular flexibility index (Phi) is 2.69. The average molecular weight is 212 g/mol. The second-order valence-electron chi connectivity index (χ2n) is 4.93. The van der Waals surface area contributed by atoms with Gasteiger partial charge < -0.3 is 0 Å². The fourth-order valence-electron chi connectivity index (χ4n) is 2.83. The van der Waals surface area contributed by atoms with Gasteiger partial charge in [0.1, 0.15) is 0 Å². The van der Waals surface area contributed by atoms with Crippen LogP contribution in [0.2, 0.25) is 0 Å². The van der Waals surface area contributed by atoms with E-state index < -0.39 is 0 Å². The maximum Gasteiger partial charge on any atom is 0.0706 e. The molecule has 0 N–H and O–H groups in total. The molecular weight excluding hydrogens is 194 g/mol. The molecule has 1 aliphatic heterocycles. The summed E-state index contributed by atoms with van der Waals surface area (Å²) in [7, 11) is 0. The molecular formula is C15H18N. The first kappa shape index (κ1) is 9.95. The van der Waals surface area contributed by atoms with Crippen LogP contribution in [-0.4, -0.2) is 0 Å². The summed E-state index contributed by atoms with van der Waals surface area (Å²) in [6, 6.07) is 8.46. The fourth-order valence-corrected chi connectivity index (χ4v) is 2.83. The number of allylic oxidation sites excluding steroid dienone is 1. The molecule has 1 aliphatic carbocycles. The normalized spacial score (nSPS) is 20.9. The Morgan fingerprint density at radius 1 is 0.938 bits per heavy atom. The summed E-state index contributed by atoms with van der Waals surface area (Å²) in [5.41, 5.74) is 3.81. The molecule has 1 saturated carbocycles. The van der Waals surface area contributed by atoms with Crippen LogP contribution in [0.1, 0.15) is 44.1 Å². The molecule has 1 aromatic carbocycles. The molecule has 83 valence electrons. The van der Waals surface area contributed by atoms with E-state index in [4.69, 9.17) is 5.32 Å². The van der Waals surface area contributed by atoms with Crippen LogP contribution in [0.4, 0.5) is 5.69 Å². The van der Waals surface area contributed by atoms with Crippen LogP contribution in [-0.2, 0) is 0 Å². The molecule has 2 aliphatic rings. The van der Waals surface area contributed by atoms with Crippen molar-refractivity contribution < 1.29 is 0 Å². The maximum absolute atomic E-state index is 4.78. The number of nitrogens with zero attached hydrogens (tertiary/aromatic N) is 1. The Bertz CT molecular complexity index is 398. The molecule has 1 heteroatoms. The Morgan fingerprint density at radius 3 is 2.44 bits per heavy atom. The number of para-hydroxylation sites is 1. The van der Waals surface area contributed by atoms with Crippen LogP contribution >= 0.6 is 0 Å². The molecule has 0 bridgehead atoms. The predicted octanol–water partition coefficient (Wildman–Crippen LogP) is 4.25. The summed E-state index contributed by atoms with van der Waals surface area (Å²) in [5, 5.41) is 4.78. The lowest BCUT2D eigenvalue weighted by Gasteiger charge is -2.14. The van der Waals surface area contributed by atoms with Crippen molar-refractivity contribution in [2.24, 2.45) is 5.92 Å². The summed E-state index contributed by atoms with van der Waals surface area (Å²) < 4.78 is 0. The lowest BCUT2D eigenvalue weighted by atomic mass is 9.96. The van der Waals surface area contributed by atoms with Crippen molar-refractivity contribution in [3.63, 3.8) is 0 Å². The van der Waals surface area contributed by atoms with Gasteiger partial charge in [-0.3, -0.25) is 5.32 Å². The van der Waals surface area contributed by atoms with Crippen LogP contribution in [0.3, 0.4) is 0 Å². The van der Waals surface area contributed by atoms with Crippen LogP contribution < -0.4 is 5.32 Å². The second kappa shape index (κ2) is 4.32. The third-order valence-electron chi connectivity index (χ3n) is 3.76. The smallest absolute Gasteiger partial charge is 0.0706 e. The van der Waals surface area contributed by atoms with Gasteiger partial charge in [-0.25, -0.2) is 0 Å². The van der Waals surface area contributed by atoms with Gasteiger partial charge in [0.2, 0.25) is 0 Å². The van der Waals surface area contributed by atoms with Gasteiger partial charge in [-0.15, -0.1) is 0 Å². The lowest BCUT2D eigenvalue weighted by molar-refractivity contribution is 0.515. The van der Waals surface area contributed by atoms with Gasteiger partial charge in [0.05, 0.1) is 5.69 Å². The molecule has 1 aromatic rings. The Hall–Kier alpha value is -1.24. The third kappa shape index (κ3) is 1.87. The summed E-state index contributed by atoms with van der Waals surface area (Å²) in [5.74, 6) is 0.717. The highest BCUT2D eigenvalue weighted by molar-refractivity contribution is 5.71. The van der Waals surface area contributed by atoms with E-state index in [1.807, 2.05) is 0 Å². The van der Waals surface area contributed by atoms with E-state index in [0.29, 0.717) is 0 Å². The van der Waals surface area contributed by atoms with Crippen molar-refractivity contribution in [3.05, 3.63) is 35.5 Å². The number of benzene rings is 1. The monoisotopic (exact) mass is 212 g/mol. The molecule has 0 spiro atoms. The third-order valence-corrected chi connectivity index (χ3v) is 3.76. The minimum absolute atomic E-state index is 0.717. The zero-order chi connectivity index (χ0) is 10.8. The van der Waals surface area contributed by atoms with Crippen molar-refractivity contribution >= 4 is 11.8 Å². The quantitative estimate of drug-likeness (QED) is 0.618. The van der Waals surface area contributed by atoms with Gasteiger partial charge in [-0.05, 0) is 25.0 Å². The Morgan fingerprint density at radius 2 is 1.69 bits per heavy atom. The van der Waals surface area contributed by atoms with E-state index in [-0.39, 0.29) is 0 Å². The molecule has 1 nitrogen and oxygen atoms in total. The zero-order valence-electron chi connectivity index (χ0n) is 9.65. The van der Waals surface area contributed by atoms with E-state index in [2.05, 4.69) is 30.3 Å². The van der Waals surface area contributed by atoms with Crippen LogP contribution in [0, 0.1) is 5.92 Å². The molecule has 0 aromatic heterocycles. The van der Waals surface area contributed by atoms with Crippen molar-refractivity contribution in [1.29, 1.82) is 0 Å². The van der Waals surface area contributed by atoms with Crippen molar-refractivity contribution in [3.8, 4) is 0 Å². The topological polar surface area (TPSA) is 14.1 Å². The van der Waals surface area contributed by atoms with Gasteiger partial charge in [-0.2, -0.15) is 0 Å². The molecule has 1 radical (unpaired) electrons. The number of rotatable bonds is 1. The van der Waals surface area contributed by atoms with E-state index in [1.165, 1.54) is 55.5 Å². The largest absolute Gasteiger partial charge is 0.253 e. The van der Waals surface area contributed by atoms with Crippen LogP contribution in [0.25, 0.3) is 6.08 Å². The Balaban J connectivity index is 1.78. The lowest BCUT2D eigenvalue weighted by Crippen LogP contribution is -2.07. The SMILES string of the molecule is C1=C(C2CCCCCC2)[N]c2ccccc21. The summed E-state index contributed by atoms with van der Waals surface area (Å²) in [4.78, 5) is 0. The number of fused-ring (bicyclic) bond motifs is 1. The molecule has 16 heavy (non-hydrogen) atoms. The summed E-state index contributed by atoms with van der Waals surface area (Å²) in [6.07, 6.45) is 10.6. The average Bonchev–Trinajstić information content (AvgIpc) is 2.56. The first-order valence-corrected chi connectivity index (χ1v) is 6.46. The molecule has 1 heterocycles. The molecule has 0 amide bonds. The van der Waals surface area contributed by atoms with E-state index >= 15 is 0 Å². The highest BCUT2D eigenvalue weighted by Crippen LogP contribution is 2.36. The van der Waals surface area contributed by atoms with Crippen molar-refractivity contribution in [2.45, 2.75) is 38.5 Å². The zero-order valence-corrected chi connectivity index (χ0v) is 9.65. The van der Waals surface area contributed by atoms with Crippen molar-refractivity contribution in [1.82, 2.24) is 5.32 Å². The summed E-state index contributed by atoms with van der Waals surface area (Å²) in [6.45, 7) is 0. The number of hydrogen-bond acceptors (Lipinski definition) is 0. The molecule has 3 rings (SSSR count). The van der Waals surface area contributed by atoms with Gasteiger partial charge in [0.15, 0.2) is 0 Å². The van der Waals surface area contributed by atoms with Crippen LogP contribution in [0.5, 0.6) is 0 Å². The van der Waals surface area contributed by atoms with Gasteiger partial charge in [0.25, 0.3) is 0 Å². The molecule has 0 atom stereocenters. The maximum atomic E-state index is 4.78. The van der Waals surface area contributed by atoms with Crippen LogP contribution in [0.15, 0.2) is 30.0 Å². The minimum atomic E-state index is 0.717. The van der Waals surface area contributed by atoms with E-state index in [1.54, 1.807) is 0 Å². The highest BCUT2D eigenvalue weighted by Gasteiger charge is 2.22. The number of hydrogen-bond donors (Lipinski definition) is 0. The standard InChI is InChI=1S/C15H18N/c1-2-4-8-12(7-3-1)15-11-13-9-5-6-10-14(13)16-15/h5-6,9-12H,1-4,7-8H2. The highest BCUT2D eigenvalue weighted by atomic mass is 14.9. The minimum Gasteiger partial charge on any atom is -0.253 e. The van der Waals surface area contributed by atoms with Crippen molar-refractivity contribution in [2.75, 3.05) is 0 Å². The molecule has 0 unspecified atom stereocenters. The molecule has 1 fully saturated rings. The predicted molar refractivity (Wildman–Crippen MR) is 67.4 cm³/mol. The summed E-state index contributed by atoms with van der Waals surface area (Å²) >= 11 is 0. The van der Waals surface area contributed by atoms with Gasteiger partial charge in [-0.1, -0.05) is 43.9 Å². The second-order valence-corrected chi connectivity index (χ2v) is 4.93. The van der Waals surface area contributed by atoms with Gasteiger partial charge >= 0.3 is 0 Å². The first-order chi connectivity index (χ1) is 7.93. The van der Waals surface area contributed by atoms with E-state index in [0.717, 1.165) is 5.92 Å². The van der Waals surface area contributed by atoms with E-state index in [9.17, 15) is 0 Å². The van der Waals surface area contributed by atoms with Gasteiger partial charge in [0, 0.05) is 17.2 Å². The first-order valence-electron chi connectivity index (χ1n) is 6.46. The molecule has 0 saturated heterocycles. The fraction of sp³-hybridized carbons (Fsp3) is 0.467. The Labute approximate surface area is 97.6 Å².